The molecule has 5 N–H and O–H groups in total. The molecular weight excluding hydrogens is 475 g/mol. The molecule has 2 aliphatic heterocycles. The summed E-state index contributed by atoms with van der Waals surface area (Å²) in [5.74, 6) is -1.99. The number of hydrogen-bond donors (Lipinski definition) is 4. The van der Waals surface area contributed by atoms with Gasteiger partial charge in [-0.2, -0.15) is 0 Å². The fourth-order valence-corrected chi connectivity index (χ4v) is 4.89. The van der Waals surface area contributed by atoms with Gasteiger partial charge in [-0.1, -0.05) is 18.6 Å². The van der Waals surface area contributed by atoms with Gasteiger partial charge < -0.3 is 21.7 Å². The van der Waals surface area contributed by atoms with Gasteiger partial charge in [0.2, 0.25) is 5.91 Å². The van der Waals surface area contributed by atoms with Crippen LogP contribution >= 0.6 is 0 Å². The summed E-state index contributed by atoms with van der Waals surface area (Å²) in [5, 5.41) is 8.61. The molecular formula is C27H33FN6O3. The minimum Gasteiger partial charge on any atom is -0.367 e. The molecule has 1 fully saturated rings. The van der Waals surface area contributed by atoms with E-state index in [1.807, 2.05) is 0 Å². The van der Waals surface area contributed by atoms with Crippen molar-refractivity contribution in [3.05, 3.63) is 65.5 Å². The van der Waals surface area contributed by atoms with Gasteiger partial charge in [0.15, 0.2) is 11.6 Å². The van der Waals surface area contributed by atoms with Gasteiger partial charge in [-0.3, -0.25) is 24.3 Å². The lowest BCUT2D eigenvalue weighted by atomic mass is 9.82. The fourth-order valence-electron chi connectivity index (χ4n) is 4.89. The number of piperidine rings is 1. The Morgan fingerprint density at radius 1 is 1.08 bits per heavy atom. The molecule has 2 aromatic carbocycles. The first-order valence-electron chi connectivity index (χ1n) is 12.4. The Morgan fingerprint density at radius 2 is 1.73 bits per heavy atom. The van der Waals surface area contributed by atoms with Crippen LogP contribution in [0.5, 0.6) is 0 Å². The van der Waals surface area contributed by atoms with E-state index in [1.54, 1.807) is 24.3 Å². The molecule has 0 radical (unpaired) electrons. The predicted octanol–water partition coefficient (Wildman–Crippen LogP) is 2.14. The first-order valence-corrected chi connectivity index (χ1v) is 12.4. The molecule has 0 saturated carbocycles. The molecule has 10 heteroatoms. The highest BCUT2D eigenvalue weighted by Crippen LogP contribution is 2.31. The lowest BCUT2D eigenvalue weighted by molar-refractivity contribution is -0.132. The van der Waals surface area contributed by atoms with Crippen LogP contribution in [0.25, 0.3) is 0 Å². The zero-order chi connectivity index (χ0) is 26.6. The van der Waals surface area contributed by atoms with Crippen molar-refractivity contribution < 1.29 is 18.8 Å². The number of nitrogens with two attached hydrogens (primary N) is 1. The van der Waals surface area contributed by atoms with E-state index in [9.17, 15) is 18.8 Å². The SMILES string of the molecule is CC(C)(CNC(=O)C1N=CNC1(C(N)=O)c1ccc(NC(=O)c2ccc(F)cc2)cc1)N1CCCCC1. The molecule has 4 rings (SSSR count). The van der Waals surface area contributed by atoms with Gasteiger partial charge in [0.05, 0.1) is 6.34 Å². The molecule has 9 nitrogen and oxygen atoms in total. The van der Waals surface area contributed by atoms with Crippen LogP contribution in [0.15, 0.2) is 53.5 Å². The van der Waals surface area contributed by atoms with Crippen molar-refractivity contribution in [3.8, 4) is 0 Å². The number of halogens is 1. The number of carbonyl (C=O) groups excluding carboxylic acids is 3. The van der Waals surface area contributed by atoms with E-state index in [4.69, 9.17) is 5.73 Å². The molecule has 1 saturated heterocycles. The molecule has 2 unspecified atom stereocenters. The third-order valence-electron chi connectivity index (χ3n) is 7.17. The van der Waals surface area contributed by atoms with Crippen molar-refractivity contribution in [2.75, 3.05) is 25.0 Å². The minimum absolute atomic E-state index is 0.244. The standard InChI is InChI=1S/C27H33FN6O3/c1-26(2,34-14-4-3-5-15-34)16-30-24(36)22-27(25(29)37,32-17-31-22)19-8-12-21(13-9-19)33-23(35)18-6-10-20(28)11-7-18/h6-13,17,22H,3-5,14-16H2,1-2H3,(H2,29,37)(H,30,36)(H,31,32)(H,33,35). The highest BCUT2D eigenvalue weighted by atomic mass is 19.1. The maximum absolute atomic E-state index is 13.3. The lowest BCUT2D eigenvalue weighted by Gasteiger charge is -2.41. The summed E-state index contributed by atoms with van der Waals surface area (Å²) in [5.41, 5.74) is 5.21. The average Bonchev–Trinajstić information content (AvgIpc) is 3.35. The number of amides is 3. The Balaban J connectivity index is 1.47. The van der Waals surface area contributed by atoms with E-state index in [1.165, 1.54) is 37.0 Å². The Bertz CT molecular complexity index is 1180. The number of hydrogen-bond acceptors (Lipinski definition) is 6. The molecule has 2 atom stereocenters. The summed E-state index contributed by atoms with van der Waals surface area (Å²) in [6, 6.07) is 10.5. The molecule has 196 valence electrons. The summed E-state index contributed by atoms with van der Waals surface area (Å²) in [6.07, 6.45) is 4.82. The van der Waals surface area contributed by atoms with Gasteiger partial charge >= 0.3 is 0 Å². The van der Waals surface area contributed by atoms with E-state index >= 15 is 0 Å². The number of nitrogens with one attached hydrogen (secondary N) is 3. The first-order chi connectivity index (χ1) is 17.6. The molecule has 2 heterocycles. The maximum atomic E-state index is 13.3. The van der Waals surface area contributed by atoms with E-state index in [2.05, 4.69) is 39.7 Å². The van der Waals surface area contributed by atoms with Crippen molar-refractivity contribution in [2.24, 2.45) is 10.7 Å². The van der Waals surface area contributed by atoms with Crippen LogP contribution in [0.1, 0.15) is 49.0 Å². The van der Waals surface area contributed by atoms with Crippen LogP contribution in [-0.2, 0) is 15.1 Å². The van der Waals surface area contributed by atoms with Gasteiger partial charge in [-0.05, 0) is 81.7 Å². The van der Waals surface area contributed by atoms with Gasteiger partial charge in [0.25, 0.3) is 11.8 Å². The molecule has 0 aromatic heterocycles. The quantitative estimate of drug-likeness (QED) is 0.434. The number of aliphatic imine (C=N–C) groups is 1. The summed E-state index contributed by atoms with van der Waals surface area (Å²) >= 11 is 0. The smallest absolute Gasteiger partial charge is 0.255 e. The summed E-state index contributed by atoms with van der Waals surface area (Å²) in [4.78, 5) is 45.1. The number of primary amides is 1. The van der Waals surface area contributed by atoms with Crippen molar-refractivity contribution in [2.45, 2.75) is 50.2 Å². The average molecular weight is 509 g/mol. The van der Waals surface area contributed by atoms with E-state index in [0.717, 1.165) is 25.9 Å². The third kappa shape index (κ3) is 5.48. The summed E-state index contributed by atoms with van der Waals surface area (Å²) in [6.45, 7) is 6.56. The Hall–Kier alpha value is -3.79. The number of nitrogens with zero attached hydrogens (tertiary/aromatic N) is 2. The van der Waals surface area contributed by atoms with E-state index in [0.29, 0.717) is 23.4 Å². The van der Waals surface area contributed by atoms with Crippen LogP contribution in [-0.4, -0.2) is 60.2 Å². The molecule has 0 bridgehead atoms. The Morgan fingerprint density at radius 3 is 2.35 bits per heavy atom. The van der Waals surface area contributed by atoms with Crippen LogP contribution in [0.2, 0.25) is 0 Å². The zero-order valence-corrected chi connectivity index (χ0v) is 21.1. The summed E-state index contributed by atoms with van der Waals surface area (Å²) < 4.78 is 13.1. The van der Waals surface area contributed by atoms with Crippen LogP contribution < -0.4 is 21.7 Å². The first kappa shape index (κ1) is 26.3. The number of benzene rings is 2. The Kier molecular flexibility index (Phi) is 7.58. The van der Waals surface area contributed by atoms with Gasteiger partial charge in [-0.25, -0.2) is 4.39 Å². The molecule has 0 spiro atoms. The van der Waals surface area contributed by atoms with Gasteiger partial charge in [0, 0.05) is 23.3 Å². The van der Waals surface area contributed by atoms with Crippen LogP contribution in [0.4, 0.5) is 10.1 Å². The second kappa shape index (κ2) is 10.7. The molecule has 2 aliphatic rings. The molecule has 0 aliphatic carbocycles. The molecule has 2 aromatic rings. The van der Waals surface area contributed by atoms with Crippen molar-refractivity contribution in [3.63, 3.8) is 0 Å². The molecule has 3 amide bonds. The monoisotopic (exact) mass is 508 g/mol. The number of anilines is 1. The van der Waals surface area contributed by atoms with Crippen molar-refractivity contribution >= 4 is 29.7 Å². The normalized spacial score (nSPS) is 21.8. The maximum Gasteiger partial charge on any atom is 0.255 e. The topological polar surface area (TPSA) is 129 Å². The summed E-state index contributed by atoms with van der Waals surface area (Å²) in [7, 11) is 0. The lowest BCUT2D eigenvalue weighted by Crippen LogP contribution is -2.61. The predicted molar refractivity (Wildman–Crippen MR) is 140 cm³/mol. The molecule has 37 heavy (non-hydrogen) atoms. The van der Waals surface area contributed by atoms with Gasteiger partial charge in [0.1, 0.15) is 5.82 Å². The zero-order valence-electron chi connectivity index (χ0n) is 21.1. The van der Waals surface area contributed by atoms with Crippen LogP contribution in [0.3, 0.4) is 0 Å². The van der Waals surface area contributed by atoms with Crippen molar-refractivity contribution in [1.29, 1.82) is 0 Å². The van der Waals surface area contributed by atoms with E-state index < -0.39 is 35.1 Å². The van der Waals surface area contributed by atoms with Gasteiger partial charge in [-0.15, -0.1) is 0 Å². The fraction of sp³-hybridized carbons (Fsp3) is 0.407. The highest BCUT2D eigenvalue weighted by molar-refractivity contribution is 6.04. The number of carbonyl (C=O) groups is 3. The third-order valence-corrected chi connectivity index (χ3v) is 7.17. The second-order valence-electron chi connectivity index (χ2n) is 10.1. The second-order valence-corrected chi connectivity index (χ2v) is 10.1. The van der Waals surface area contributed by atoms with Crippen LogP contribution in [0, 0.1) is 5.82 Å². The highest BCUT2D eigenvalue weighted by Gasteiger charge is 2.52. The number of likely N-dealkylation sites (tertiary alicyclic amines) is 1. The van der Waals surface area contributed by atoms with E-state index in [-0.39, 0.29) is 5.54 Å². The Labute approximate surface area is 215 Å². The number of rotatable bonds is 8. The largest absolute Gasteiger partial charge is 0.367 e. The minimum atomic E-state index is -1.57. The van der Waals surface area contributed by atoms with Crippen molar-refractivity contribution in [1.82, 2.24) is 15.5 Å².